The number of nitrogens with zero attached hydrogens (tertiary/aromatic N) is 4. The zero-order valence-electron chi connectivity index (χ0n) is 21.6. The quantitative estimate of drug-likeness (QED) is 0.344. The van der Waals surface area contributed by atoms with E-state index in [-0.39, 0.29) is 55.4 Å². The molecule has 8 nitrogen and oxygen atoms in total. The number of benzene rings is 1. The summed E-state index contributed by atoms with van der Waals surface area (Å²) in [5.74, 6) is 0.422. The predicted molar refractivity (Wildman–Crippen MR) is 137 cm³/mol. The van der Waals surface area contributed by atoms with Crippen molar-refractivity contribution in [3.8, 4) is 6.01 Å². The topological polar surface area (TPSA) is 97.3 Å². The van der Waals surface area contributed by atoms with Gasteiger partial charge in [0, 0.05) is 37.0 Å². The van der Waals surface area contributed by atoms with Crippen molar-refractivity contribution in [2.24, 2.45) is 5.92 Å². The molecular weight excluding hydrogens is 576 g/mol. The largest absolute Gasteiger partial charge is 0.501 e. The van der Waals surface area contributed by atoms with Gasteiger partial charge in [0.25, 0.3) is 9.84 Å². The van der Waals surface area contributed by atoms with Crippen molar-refractivity contribution in [3.05, 3.63) is 59.4 Å². The van der Waals surface area contributed by atoms with E-state index in [9.17, 15) is 34.8 Å². The van der Waals surface area contributed by atoms with Gasteiger partial charge in [-0.15, -0.1) is 0 Å². The maximum atomic E-state index is 13.7. The lowest BCUT2D eigenvalue weighted by Crippen LogP contribution is -2.29. The molecule has 0 radical (unpaired) electrons. The maximum absolute atomic E-state index is 13.7. The van der Waals surface area contributed by atoms with Gasteiger partial charge < -0.3 is 15.0 Å². The summed E-state index contributed by atoms with van der Waals surface area (Å²) in [6, 6.07) is 6.27. The summed E-state index contributed by atoms with van der Waals surface area (Å²) in [5.41, 5.74) is -4.91. The van der Waals surface area contributed by atoms with Crippen LogP contribution in [0.2, 0.25) is 0 Å². The van der Waals surface area contributed by atoms with E-state index in [2.05, 4.69) is 20.3 Å². The molecule has 0 spiro atoms. The molecule has 5 rings (SSSR count). The van der Waals surface area contributed by atoms with Crippen LogP contribution in [0, 0.1) is 5.92 Å². The van der Waals surface area contributed by atoms with Gasteiger partial charge in [-0.2, -0.15) is 36.3 Å². The molecule has 3 aromatic rings. The summed E-state index contributed by atoms with van der Waals surface area (Å²) < 4.78 is 109. The number of anilines is 3. The standard InChI is InChI=1S/C26H25F6N5O3S/c1-15(16-4-5-16)40-24-35-21-11-14-37(23-20(25(27,28)29)3-2-12-33-23)13-10-19(21)22(36-24)34-17-6-8-18(9-7-17)41(38,39)26(30,31)32/h2-3,6-9,12,15-16H,4-5,10-11,13-14H2,1H3,(H,34,35,36). The minimum atomic E-state index is -5.52. The summed E-state index contributed by atoms with van der Waals surface area (Å²) in [4.78, 5) is 13.6. The van der Waals surface area contributed by atoms with Crippen molar-refractivity contribution in [2.75, 3.05) is 23.3 Å². The Bertz CT molecular complexity index is 1530. The molecule has 1 N–H and O–H groups in total. The molecule has 15 heteroatoms. The van der Waals surface area contributed by atoms with Crippen LogP contribution in [0.5, 0.6) is 6.01 Å². The fourth-order valence-corrected chi connectivity index (χ4v) is 5.39. The number of aromatic nitrogens is 3. The number of hydrogen-bond acceptors (Lipinski definition) is 8. The molecule has 2 aliphatic rings. The van der Waals surface area contributed by atoms with E-state index in [0.717, 1.165) is 31.0 Å². The van der Waals surface area contributed by atoms with Crippen LogP contribution in [0.15, 0.2) is 47.5 Å². The molecule has 0 amide bonds. The Labute approximate surface area is 231 Å². The van der Waals surface area contributed by atoms with Gasteiger partial charge in [0.05, 0.1) is 16.2 Å². The van der Waals surface area contributed by atoms with Crippen LogP contribution in [0.1, 0.15) is 36.6 Å². The second-order valence-corrected chi connectivity index (χ2v) is 11.8. The van der Waals surface area contributed by atoms with Crippen molar-refractivity contribution >= 4 is 27.2 Å². The number of nitrogens with one attached hydrogen (secondary N) is 1. The van der Waals surface area contributed by atoms with Gasteiger partial charge in [-0.05, 0) is 68.5 Å². The molecule has 0 saturated heterocycles. The van der Waals surface area contributed by atoms with Crippen LogP contribution < -0.4 is 15.0 Å². The average molecular weight is 602 g/mol. The summed E-state index contributed by atoms with van der Waals surface area (Å²) in [6.45, 7) is 2.23. The highest BCUT2D eigenvalue weighted by Gasteiger charge is 2.46. The second-order valence-electron chi connectivity index (χ2n) is 9.90. The van der Waals surface area contributed by atoms with Crippen LogP contribution in [0.25, 0.3) is 0 Å². The fourth-order valence-electron chi connectivity index (χ4n) is 4.63. The van der Waals surface area contributed by atoms with Crippen LogP contribution in [0.4, 0.5) is 43.7 Å². The first-order chi connectivity index (χ1) is 19.2. The summed E-state index contributed by atoms with van der Waals surface area (Å²) in [7, 11) is -5.52. The highest BCUT2D eigenvalue weighted by molar-refractivity contribution is 7.92. The van der Waals surface area contributed by atoms with E-state index in [1.54, 1.807) is 0 Å². The smallest absolute Gasteiger partial charge is 0.460 e. The van der Waals surface area contributed by atoms with Gasteiger partial charge in [-0.3, -0.25) is 0 Å². The minimum Gasteiger partial charge on any atom is -0.460 e. The van der Waals surface area contributed by atoms with E-state index in [1.165, 1.54) is 29.3 Å². The van der Waals surface area contributed by atoms with Crippen LogP contribution in [0.3, 0.4) is 0 Å². The lowest BCUT2D eigenvalue weighted by Gasteiger charge is -2.24. The number of halogens is 6. The lowest BCUT2D eigenvalue weighted by atomic mass is 10.1. The van der Waals surface area contributed by atoms with Crippen molar-refractivity contribution in [1.29, 1.82) is 0 Å². The summed E-state index contributed by atoms with van der Waals surface area (Å²) >= 11 is 0. The van der Waals surface area contributed by atoms with Crippen molar-refractivity contribution < 1.29 is 39.5 Å². The molecule has 41 heavy (non-hydrogen) atoms. The van der Waals surface area contributed by atoms with Crippen LogP contribution in [-0.2, 0) is 28.9 Å². The van der Waals surface area contributed by atoms with Crippen molar-refractivity contribution in [2.45, 2.75) is 55.3 Å². The Morgan fingerprint density at radius 2 is 1.68 bits per heavy atom. The summed E-state index contributed by atoms with van der Waals surface area (Å²) in [5, 5.41) is 3.00. The zero-order chi connectivity index (χ0) is 29.6. The molecule has 1 unspecified atom stereocenters. The third-order valence-electron chi connectivity index (χ3n) is 7.02. The Morgan fingerprint density at radius 3 is 2.32 bits per heavy atom. The Hall–Kier alpha value is -3.62. The number of hydrogen-bond donors (Lipinski definition) is 1. The first-order valence-corrected chi connectivity index (χ1v) is 14.2. The second kappa shape index (κ2) is 10.7. The van der Waals surface area contributed by atoms with E-state index < -0.39 is 32.0 Å². The van der Waals surface area contributed by atoms with Crippen molar-refractivity contribution in [3.63, 3.8) is 0 Å². The van der Waals surface area contributed by atoms with Crippen LogP contribution in [-0.4, -0.2) is 48.1 Å². The maximum Gasteiger partial charge on any atom is 0.501 e. The number of alkyl halides is 6. The van der Waals surface area contributed by atoms with Gasteiger partial charge in [-0.25, -0.2) is 13.4 Å². The number of rotatable bonds is 7. The molecule has 1 aromatic carbocycles. The SMILES string of the molecule is CC(Oc1nc2c(c(Nc3ccc(S(=O)(=O)C(F)(F)F)cc3)n1)CCN(c1ncccc1C(F)(F)F)CC2)C1CC1. The predicted octanol–water partition coefficient (Wildman–Crippen LogP) is 5.71. The molecule has 1 fully saturated rings. The first kappa shape index (κ1) is 28.9. The third kappa shape index (κ3) is 6.19. The number of pyridine rings is 1. The monoisotopic (exact) mass is 601 g/mol. The van der Waals surface area contributed by atoms with Crippen molar-refractivity contribution in [1.82, 2.24) is 15.0 Å². The number of fused-ring (bicyclic) bond motifs is 1. The van der Waals surface area contributed by atoms with Gasteiger partial charge in [-0.1, -0.05) is 0 Å². The first-order valence-electron chi connectivity index (χ1n) is 12.8. The molecule has 0 bridgehead atoms. The van der Waals surface area contributed by atoms with Gasteiger partial charge >= 0.3 is 17.7 Å². The van der Waals surface area contributed by atoms with Gasteiger partial charge in [0.1, 0.15) is 17.7 Å². The molecule has 1 aliphatic heterocycles. The Morgan fingerprint density at radius 1 is 1.00 bits per heavy atom. The Kier molecular flexibility index (Phi) is 7.51. The molecule has 3 heterocycles. The Balaban J connectivity index is 1.46. The van der Waals surface area contributed by atoms with Gasteiger partial charge in [0.2, 0.25) is 0 Å². The van der Waals surface area contributed by atoms with E-state index >= 15 is 0 Å². The molecule has 2 aromatic heterocycles. The third-order valence-corrected chi connectivity index (χ3v) is 8.53. The van der Waals surface area contributed by atoms with Crippen LogP contribution >= 0.6 is 0 Å². The molecule has 1 saturated carbocycles. The van der Waals surface area contributed by atoms with Gasteiger partial charge in [0.15, 0.2) is 0 Å². The number of sulfone groups is 1. The molecule has 1 atom stereocenters. The molecule has 220 valence electrons. The van der Waals surface area contributed by atoms with E-state index in [1.807, 2.05) is 6.92 Å². The average Bonchev–Trinajstić information content (AvgIpc) is 3.76. The lowest BCUT2D eigenvalue weighted by molar-refractivity contribution is -0.137. The number of ether oxygens (including phenoxy) is 1. The fraction of sp³-hybridized carbons (Fsp3) is 0.423. The highest BCUT2D eigenvalue weighted by atomic mass is 32.2. The van der Waals surface area contributed by atoms with E-state index in [0.29, 0.717) is 17.2 Å². The zero-order valence-corrected chi connectivity index (χ0v) is 22.4. The molecule has 1 aliphatic carbocycles. The van der Waals surface area contributed by atoms with E-state index in [4.69, 9.17) is 4.74 Å². The normalized spacial score (nSPS) is 17.0. The minimum absolute atomic E-state index is 0.0594. The molecular formula is C26H25F6N5O3S. The summed E-state index contributed by atoms with van der Waals surface area (Å²) in [6.07, 6.45) is -0.986. The highest BCUT2D eigenvalue weighted by Crippen LogP contribution is 2.38.